The molecule has 0 atom stereocenters. The van der Waals surface area contributed by atoms with Crippen LogP contribution in [0, 0.1) is 10.1 Å². The zero-order chi connectivity index (χ0) is 12.4. The number of nitrogens with zero attached hydrogens (tertiary/aromatic N) is 2. The standard InChI is InChI=1S/C10H13N3O4/c14-4-3-11-10(15)9-5-8(13(16)17)6-12(9)7-1-2-7/h5-7,14H,1-4H2,(H,11,15). The first-order chi connectivity index (χ1) is 8.13. The molecule has 2 N–H and O–H groups in total. The second kappa shape index (κ2) is 4.54. The quantitative estimate of drug-likeness (QED) is 0.576. The molecule has 7 heteroatoms. The van der Waals surface area contributed by atoms with Crippen molar-refractivity contribution in [1.82, 2.24) is 9.88 Å². The smallest absolute Gasteiger partial charge is 0.287 e. The van der Waals surface area contributed by atoms with Crippen LogP contribution in [0.15, 0.2) is 12.3 Å². The Bertz CT molecular complexity index is 450. The molecule has 1 fully saturated rings. The van der Waals surface area contributed by atoms with Gasteiger partial charge in [-0.05, 0) is 12.8 Å². The normalized spacial score (nSPS) is 14.6. The van der Waals surface area contributed by atoms with Crippen LogP contribution in [0.1, 0.15) is 29.4 Å². The number of hydrogen-bond donors (Lipinski definition) is 2. The first-order valence-corrected chi connectivity index (χ1v) is 5.39. The Labute approximate surface area is 97.2 Å². The number of hydrogen-bond acceptors (Lipinski definition) is 4. The molecule has 0 unspecified atom stereocenters. The van der Waals surface area contributed by atoms with Gasteiger partial charge in [-0.3, -0.25) is 14.9 Å². The Balaban J connectivity index is 2.24. The molecule has 1 amide bonds. The van der Waals surface area contributed by atoms with E-state index in [2.05, 4.69) is 5.32 Å². The number of nitro groups is 1. The Hall–Kier alpha value is -1.89. The summed E-state index contributed by atoms with van der Waals surface area (Å²) >= 11 is 0. The third-order valence-electron chi connectivity index (χ3n) is 2.62. The molecule has 1 aliphatic carbocycles. The summed E-state index contributed by atoms with van der Waals surface area (Å²) in [6, 6.07) is 1.46. The van der Waals surface area contributed by atoms with Gasteiger partial charge >= 0.3 is 0 Å². The molecule has 0 bridgehead atoms. The van der Waals surface area contributed by atoms with Gasteiger partial charge in [0.05, 0.1) is 17.7 Å². The fourth-order valence-electron chi connectivity index (χ4n) is 1.66. The van der Waals surface area contributed by atoms with Crippen LogP contribution in [-0.2, 0) is 0 Å². The summed E-state index contributed by atoms with van der Waals surface area (Å²) in [5.41, 5.74) is 0.207. The van der Waals surface area contributed by atoms with Crippen molar-refractivity contribution >= 4 is 11.6 Å². The van der Waals surface area contributed by atoms with Crippen LogP contribution in [0.25, 0.3) is 0 Å². The van der Waals surface area contributed by atoms with E-state index in [1.54, 1.807) is 4.57 Å². The predicted molar refractivity (Wildman–Crippen MR) is 58.8 cm³/mol. The minimum Gasteiger partial charge on any atom is -0.395 e. The fraction of sp³-hybridized carbons (Fsp3) is 0.500. The van der Waals surface area contributed by atoms with Gasteiger partial charge in [0, 0.05) is 18.7 Å². The zero-order valence-electron chi connectivity index (χ0n) is 9.13. The van der Waals surface area contributed by atoms with E-state index in [0.29, 0.717) is 0 Å². The maximum Gasteiger partial charge on any atom is 0.287 e. The summed E-state index contributed by atoms with van der Waals surface area (Å²) in [5, 5.41) is 21.8. The van der Waals surface area contributed by atoms with Gasteiger partial charge in [0.1, 0.15) is 5.69 Å². The maximum absolute atomic E-state index is 11.7. The second-order valence-electron chi connectivity index (χ2n) is 3.96. The van der Waals surface area contributed by atoms with Crippen molar-refractivity contribution < 1.29 is 14.8 Å². The third kappa shape index (κ3) is 2.44. The summed E-state index contributed by atoms with van der Waals surface area (Å²) in [7, 11) is 0. The molecule has 0 spiro atoms. The van der Waals surface area contributed by atoms with E-state index in [9.17, 15) is 14.9 Å². The summed E-state index contributed by atoms with van der Waals surface area (Å²) in [6.07, 6.45) is 3.27. The van der Waals surface area contributed by atoms with Gasteiger partial charge in [-0.1, -0.05) is 0 Å². The van der Waals surface area contributed by atoms with Crippen molar-refractivity contribution in [2.24, 2.45) is 0 Å². The van der Waals surface area contributed by atoms with E-state index < -0.39 is 4.92 Å². The lowest BCUT2D eigenvalue weighted by molar-refractivity contribution is -0.384. The Morgan fingerprint density at radius 2 is 2.35 bits per heavy atom. The number of aromatic nitrogens is 1. The van der Waals surface area contributed by atoms with E-state index in [-0.39, 0.29) is 36.5 Å². The minimum absolute atomic E-state index is 0.0777. The number of carbonyl (C=O) groups is 1. The molecule has 92 valence electrons. The average Bonchev–Trinajstić information content (AvgIpc) is 3.04. The number of aliphatic hydroxyl groups is 1. The van der Waals surface area contributed by atoms with Gasteiger partial charge < -0.3 is 15.0 Å². The van der Waals surface area contributed by atoms with E-state index in [1.807, 2.05) is 0 Å². The molecule has 0 aliphatic heterocycles. The molecule has 0 aromatic carbocycles. The lowest BCUT2D eigenvalue weighted by Crippen LogP contribution is -2.28. The molecule has 1 aliphatic rings. The number of aliphatic hydroxyl groups excluding tert-OH is 1. The first kappa shape index (κ1) is 11.6. The van der Waals surface area contributed by atoms with Crippen LogP contribution in [0.2, 0.25) is 0 Å². The highest BCUT2D eigenvalue weighted by Gasteiger charge is 2.30. The zero-order valence-corrected chi connectivity index (χ0v) is 9.13. The van der Waals surface area contributed by atoms with Crippen LogP contribution in [-0.4, -0.2) is 33.7 Å². The Kier molecular flexibility index (Phi) is 3.10. The Morgan fingerprint density at radius 3 is 2.88 bits per heavy atom. The molecule has 1 heterocycles. The fourth-order valence-corrected chi connectivity index (χ4v) is 1.66. The van der Waals surface area contributed by atoms with Crippen LogP contribution in [0.4, 0.5) is 5.69 Å². The molecule has 2 rings (SSSR count). The van der Waals surface area contributed by atoms with Crippen LogP contribution < -0.4 is 5.32 Å². The van der Waals surface area contributed by atoms with Gasteiger partial charge in [0.15, 0.2) is 0 Å². The highest BCUT2D eigenvalue weighted by Crippen LogP contribution is 2.37. The monoisotopic (exact) mass is 239 g/mol. The van der Waals surface area contributed by atoms with E-state index >= 15 is 0 Å². The van der Waals surface area contributed by atoms with E-state index in [1.165, 1.54) is 12.3 Å². The van der Waals surface area contributed by atoms with Gasteiger partial charge in [0.25, 0.3) is 11.6 Å². The lowest BCUT2D eigenvalue weighted by Gasteiger charge is -2.06. The summed E-state index contributed by atoms with van der Waals surface area (Å²) in [4.78, 5) is 21.9. The maximum atomic E-state index is 11.7. The largest absolute Gasteiger partial charge is 0.395 e. The van der Waals surface area contributed by atoms with Crippen molar-refractivity contribution in [1.29, 1.82) is 0 Å². The van der Waals surface area contributed by atoms with E-state index in [0.717, 1.165) is 12.8 Å². The molecule has 0 radical (unpaired) electrons. The number of amides is 1. The molecular formula is C10H13N3O4. The van der Waals surface area contributed by atoms with Gasteiger partial charge in [0.2, 0.25) is 0 Å². The molecule has 7 nitrogen and oxygen atoms in total. The molecule has 1 saturated carbocycles. The third-order valence-corrected chi connectivity index (χ3v) is 2.62. The van der Waals surface area contributed by atoms with Crippen LogP contribution in [0.5, 0.6) is 0 Å². The molecule has 1 aromatic heterocycles. The molecular weight excluding hydrogens is 226 g/mol. The number of nitrogens with one attached hydrogen (secondary N) is 1. The van der Waals surface area contributed by atoms with Crippen LogP contribution in [0.3, 0.4) is 0 Å². The van der Waals surface area contributed by atoms with Crippen molar-refractivity contribution in [3.8, 4) is 0 Å². The molecule has 17 heavy (non-hydrogen) atoms. The van der Waals surface area contributed by atoms with Crippen molar-refractivity contribution in [2.45, 2.75) is 18.9 Å². The van der Waals surface area contributed by atoms with Crippen LogP contribution >= 0.6 is 0 Å². The second-order valence-corrected chi connectivity index (χ2v) is 3.96. The summed E-state index contributed by atoms with van der Waals surface area (Å²) < 4.78 is 1.64. The van der Waals surface area contributed by atoms with Crippen molar-refractivity contribution in [3.63, 3.8) is 0 Å². The predicted octanol–water partition coefficient (Wildman–Crippen LogP) is 0.453. The van der Waals surface area contributed by atoms with Crippen molar-refractivity contribution in [2.75, 3.05) is 13.2 Å². The minimum atomic E-state index is -0.512. The molecule has 1 aromatic rings. The van der Waals surface area contributed by atoms with Crippen molar-refractivity contribution in [3.05, 3.63) is 28.1 Å². The van der Waals surface area contributed by atoms with E-state index in [4.69, 9.17) is 5.11 Å². The molecule has 0 saturated heterocycles. The lowest BCUT2D eigenvalue weighted by atomic mass is 10.3. The topological polar surface area (TPSA) is 97.4 Å². The average molecular weight is 239 g/mol. The highest BCUT2D eigenvalue weighted by atomic mass is 16.6. The SMILES string of the molecule is O=C(NCCO)c1cc([N+](=O)[O-])cn1C1CC1. The summed E-state index contributed by atoms with van der Waals surface area (Å²) in [6.45, 7) is -0.0134. The number of carbonyl (C=O) groups excluding carboxylic acids is 1. The van der Waals surface area contributed by atoms with Gasteiger partial charge in [-0.2, -0.15) is 0 Å². The highest BCUT2D eigenvalue weighted by molar-refractivity contribution is 5.93. The number of rotatable bonds is 5. The van der Waals surface area contributed by atoms with Gasteiger partial charge in [-0.25, -0.2) is 0 Å². The summed E-state index contributed by atoms with van der Waals surface area (Å²) in [5.74, 6) is -0.390. The first-order valence-electron chi connectivity index (χ1n) is 5.39. The Morgan fingerprint density at radius 1 is 1.65 bits per heavy atom. The van der Waals surface area contributed by atoms with Gasteiger partial charge in [-0.15, -0.1) is 0 Å².